The van der Waals surface area contributed by atoms with Gasteiger partial charge >= 0.3 is 0 Å². The molecule has 0 radical (unpaired) electrons. The van der Waals surface area contributed by atoms with Crippen molar-refractivity contribution < 1.29 is 4.79 Å². The number of amides is 1. The Balaban J connectivity index is 1.68. The minimum absolute atomic E-state index is 0.137. The number of carbonyl (C=O) groups excluding carboxylic acids is 1. The van der Waals surface area contributed by atoms with Crippen LogP contribution in [0.4, 0.5) is 5.69 Å². The number of hydrogen-bond donors (Lipinski definition) is 3. The van der Waals surface area contributed by atoms with E-state index < -0.39 is 9.96 Å². The van der Waals surface area contributed by atoms with Gasteiger partial charge in [-0.1, -0.05) is 83.3 Å². The van der Waals surface area contributed by atoms with Crippen LogP contribution < -0.4 is 16.0 Å². The zero-order valence-electron chi connectivity index (χ0n) is 17.0. The van der Waals surface area contributed by atoms with E-state index in [1.54, 1.807) is 0 Å². The molecule has 0 fully saturated rings. The molecule has 4 nitrogen and oxygen atoms in total. The molecule has 3 rings (SSSR count). The fourth-order valence-corrected chi connectivity index (χ4v) is 3.71. The van der Waals surface area contributed by atoms with Gasteiger partial charge in [-0.15, -0.1) is 0 Å². The highest BCUT2D eigenvalue weighted by molar-refractivity contribution is 7.80. The summed E-state index contributed by atoms with van der Waals surface area (Å²) in [4.78, 5) is 12.7. The van der Waals surface area contributed by atoms with Crippen LogP contribution in [-0.4, -0.2) is 21.0 Å². The number of nitrogens with one attached hydrogen (secondary N) is 3. The lowest BCUT2D eigenvalue weighted by molar-refractivity contribution is -0.121. The Morgan fingerprint density at radius 2 is 1.68 bits per heavy atom. The van der Waals surface area contributed by atoms with E-state index in [1.807, 2.05) is 74.5 Å². The molecule has 31 heavy (non-hydrogen) atoms. The lowest BCUT2D eigenvalue weighted by Crippen LogP contribution is -2.56. The van der Waals surface area contributed by atoms with Gasteiger partial charge in [0.15, 0.2) is 5.11 Å². The van der Waals surface area contributed by atoms with Gasteiger partial charge in [0.1, 0.15) is 6.17 Å². The molecule has 0 aliphatic carbocycles. The predicted octanol–water partition coefficient (Wildman–Crippen LogP) is 5.80. The average molecular weight is 495 g/mol. The van der Waals surface area contributed by atoms with E-state index in [1.165, 1.54) is 5.56 Å². The van der Waals surface area contributed by atoms with Crippen LogP contribution in [0.1, 0.15) is 16.7 Å². The Labute approximate surface area is 202 Å². The number of alkyl halides is 3. The molecule has 3 aromatic carbocycles. The van der Waals surface area contributed by atoms with Crippen LogP contribution in [-0.2, 0) is 11.2 Å². The highest BCUT2D eigenvalue weighted by Crippen LogP contribution is 2.29. The van der Waals surface area contributed by atoms with E-state index in [-0.39, 0.29) is 17.4 Å². The summed E-state index contributed by atoms with van der Waals surface area (Å²) in [5, 5.41) is 11.0. The number of benzene rings is 3. The lowest BCUT2D eigenvalue weighted by Gasteiger charge is -2.28. The zero-order chi connectivity index (χ0) is 22.6. The standard InChI is InChI=1S/C23H22Cl3N3OS/c1-14-10-11-18(12-15(14)2)27-22(31)29-21(23(24,25)26)28-20(30)13-17-8-5-7-16-6-3-4-9-19(16)17/h3-12,21H,13H2,1-2H3,(H,28,30)(H2,27,29,31). The number of anilines is 1. The number of carbonyl (C=O) groups is 1. The molecule has 1 amide bonds. The summed E-state index contributed by atoms with van der Waals surface area (Å²) in [6, 6.07) is 19.5. The molecule has 0 aromatic heterocycles. The Bertz CT molecular complexity index is 1110. The second kappa shape index (κ2) is 10.0. The molecule has 3 aromatic rings. The topological polar surface area (TPSA) is 53.2 Å². The maximum atomic E-state index is 12.7. The summed E-state index contributed by atoms with van der Waals surface area (Å²) in [5.41, 5.74) is 3.97. The molecule has 3 N–H and O–H groups in total. The quantitative estimate of drug-likeness (QED) is 0.238. The fraction of sp³-hybridized carbons (Fsp3) is 0.217. The predicted molar refractivity (Wildman–Crippen MR) is 135 cm³/mol. The third-order valence-corrected chi connectivity index (χ3v) is 5.78. The first-order chi connectivity index (χ1) is 14.6. The highest BCUT2D eigenvalue weighted by Gasteiger charge is 2.34. The van der Waals surface area contributed by atoms with Crippen molar-refractivity contribution in [3.63, 3.8) is 0 Å². The Hall–Kier alpha value is -2.05. The SMILES string of the molecule is Cc1ccc(NC(=S)NC(NC(=O)Cc2cccc3ccccc23)C(Cl)(Cl)Cl)cc1C. The maximum Gasteiger partial charge on any atom is 0.228 e. The second-order valence-corrected chi connectivity index (χ2v) is 10.0. The Morgan fingerprint density at radius 1 is 0.968 bits per heavy atom. The molecule has 162 valence electrons. The van der Waals surface area contributed by atoms with Crippen molar-refractivity contribution >= 4 is 74.5 Å². The smallest absolute Gasteiger partial charge is 0.228 e. The molecule has 1 unspecified atom stereocenters. The van der Waals surface area contributed by atoms with Crippen LogP contribution in [0.5, 0.6) is 0 Å². The molecular formula is C23H22Cl3N3OS. The normalized spacial score (nSPS) is 12.3. The number of aryl methyl sites for hydroxylation is 2. The molecular weight excluding hydrogens is 473 g/mol. The molecule has 0 aliphatic rings. The van der Waals surface area contributed by atoms with E-state index in [0.29, 0.717) is 0 Å². The van der Waals surface area contributed by atoms with Crippen molar-refractivity contribution in [1.29, 1.82) is 0 Å². The van der Waals surface area contributed by atoms with Crippen LogP contribution in [0.15, 0.2) is 60.7 Å². The van der Waals surface area contributed by atoms with Gasteiger partial charge in [-0.3, -0.25) is 4.79 Å². The summed E-state index contributed by atoms with van der Waals surface area (Å²) >= 11 is 23.7. The average Bonchev–Trinajstić information content (AvgIpc) is 2.70. The van der Waals surface area contributed by atoms with Gasteiger partial charge in [0.25, 0.3) is 0 Å². The summed E-state index contributed by atoms with van der Waals surface area (Å²) in [6.07, 6.45) is -0.885. The number of hydrogen-bond acceptors (Lipinski definition) is 2. The molecule has 0 heterocycles. The van der Waals surface area contributed by atoms with Crippen LogP contribution in [0.2, 0.25) is 0 Å². The van der Waals surface area contributed by atoms with Gasteiger partial charge in [-0.25, -0.2) is 0 Å². The summed E-state index contributed by atoms with van der Waals surface area (Å²) in [5.74, 6) is -0.297. The first-order valence-electron chi connectivity index (χ1n) is 9.61. The molecule has 0 saturated carbocycles. The summed E-state index contributed by atoms with van der Waals surface area (Å²) in [7, 11) is 0. The monoisotopic (exact) mass is 493 g/mol. The summed E-state index contributed by atoms with van der Waals surface area (Å²) in [6.45, 7) is 4.04. The van der Waals surface area contributed by atoms with E-state index >= 15 is 0 Å². The van der Waals surface area contributed by atoms with Crippen molar-refractivity contribution in [1.82, 2.24) is 10.6 Å². The third kappa shape index (κ3) is 6.47. The number of rotatable bonds is 5. The van der Waals surface area contributed by atoms with Gasteiger partial charge in [0.05, 0.1) is 6.42 Å². The van der Waals surface area contributed by atoms with Crippen molar-refractivity contribution in [2.75, 3.05) is 5.32 Å². The van der Waals surface area contributed by atoms with Gasteiger partial charge in [-0.2, -0.15) is 0 Å². The van der Waals surface area contributed by atoms with E-state index in [0.717, 1.165) is 27.6 Å². The Kier molecular flexibility index (Phi) is 7.65. The van der Waals surface area contributed by atoms with E-state index in [4.69, 9.17) is 47.0 Å². The Morgan fingerprint density at radius 3 is 2.39 bits per heavy atom. The van der Waals surface area contributed by atoms with Gasteiger partial charge < -0.3 is 16.0 Å². The maximum absolute atomic E-state index is 12.7. The van der Waals surface area contributed by atoms with Crippen molar-refractivity contribution in [2.45, 2.75) is 30.2 Å². The number of fused-ring (bicyclic) bond motifs is 1. The number of halogens is 3. The van der Waals surface area contributed by atoms with Crippen LogP contribution >= 0.6 is 47.0 Å². The van der Waals surface area contributed by atoms with Gasteiger partial charge in [0, 0.05) is 5.69 Å². The van der Waals surface area contributed by atoms with E-state index in [2.05, 4.69) is 16.0 Å². The van der Waals surface area contributed by atoms with Gasteiger partial charge in [-0.05, 0) is 65.7 Å². The molecule has 0 saturated heterocycles. The largest absolute Gasteiger partial charge is 0.339 e. The molecule has 1 atom stereocenters. The second-order valence-electron chi connectivity index (χ2n) is 7.25. The third-order valence-electron chi connectivity index (χ3n) is 4.90. The molecule has 0 aliphatic heterocycles. The lowest BCUT2D eigenvalue weighted by atomic mass is 10.0. The van der Waals surface area contributed by atoms with Crippen molar-refractivity contribution in [2.24, 2.45) is 0 Å². The fourth-order valence-electron chi connectivity index (χ4n) is 3.15. The van der Waals surface area contributed by atoms with Crippen molar-refractivity contribution in [3.05, 3.63) is 77.4 Å². The van der Waals surface area contributed by atoms with E-state index in [9.17, 15) is 4.79 Å². The highest BCUT2D eigenvalue weighted by atomic mass is 35.6. The van der Waals surface area contributed by atoms with Gasteiger partial charge in [0.2, 0.25) is 9.70 Å². The summed E-state index contributed by atoms with van der Waals surface area (Å²) < 4.78 is -1.82. The zero-order valence-corrected chi connectivity index (χ0v) is 20.1. The molecule has 0 bridgehead atoms. The minimum atomic E-state index is -1.82. The van der Waals surface area contributed by atoms with Crippen molar-refractivity contribution in [3.8, 4) is 0 Å². The first-order valence-corrected chi connectivity index (χ1v) is 11.1. The van der Waals surface area contributed by atoms with Crippen LogP contribution in [0.3, 0.4) is 0 Å². The minimum Gasteiger partial charge on any atom is -0.339 e. The molecule has 0 spiro atoms. The molecule has 8 heteroatoms. The number of thiocarbonyl (C=S) groups is 1. The van der Waals surface area contributed by atoms with Crippen LogP contribution in [0, 0.1) is 13.8 Å². The van der Waals surface area contributed by atoms with Crippen LogP contribution in [0.25, 0.3) is 10.8 Å². The first kappa shape index (κ1) is 23.6.